The van der Waals surface area contributed by atoms with Gasteiger partial charge in [-0.05, 0) is 83.5 Å². The fraction of sp³-hybridized carbons (Fsp3) is 0.871. The van der Waals surface area contributed by atoms with Gasteiger partial charge in [-0.25, -0.2) is 0 Å². The minimum absolute atomic E-state index is 0.0211. The van der Waals surface area contributed by atoms with Crippen LogP contribution in [0.2, 0.25) is 0 Å². The number of hydrogen-bond acceptors (Lipinski definition) is 5. The van der Waals surface area contributed by atoms with Crippen molar-refractivity contribution >= 4 is 11.9 Å². The van der Waals surface area contributed by atoms with Crippen molar-refractivity contribution in [1.82, 2.24) is 5.32 Å². The third kappa shape index (κ3) is 53.4. The Bertz CT molecular complexity index is 1100. The summed E-state index contributed by atoms with van der Waals surface area (Å²) in [5, 5.41) is 23.2. The van der Waals surface area contributed by atoms with Gasteiger partial charge in [-0.3, -0.25) is 9.59 Å². The van der Waals surface area contributed by atoms with Crippen molar-refractivity contribution in [1.29, 1.82) is 0 Å². The van der Waals surface area contributed by atoms with Crippen LogP contribution in [-0.2, 0) is 14.3 Å². The van der Waals surface area contributed by atoms with Crippen LogP contribution in [-0.4, -0.2) is 47.4 Å². The van der Waals surface area contributed by atoms with Crippen LogP contribution in [0.25, 0.3) is 0 Å². The molecule has 6 heteroatoms. The molecule has 68 heavy (non-hydrogen) atoms. The number of esters is 1. The van der Waals surface area contributed by atoms with Gasteiger partial charge in [0.25, 0.3) is 0 Å². The molecule has 0 aromatic heterocycles. The first-order valence-corrected chi connectivity index (χ1v) is 30.3. The summed E-state index contributed by atoms with van der Waals surface area (Å²) in [6, 6.07) is -0.650. The summed E-state index contributed by atoms with van der Waals surface area (Å²) in [6.07, 6.45) is 71.7. The highest BCUT2D eigenvalue weighted by molar-refractivity contribution is 5.76. The van der Waals surface area contributed by atoms with Crippen LogP contribution >= 0.6 is 0 Å². The summed E-state index contributed by atoms with van der Waals surface area (Å²) in [5.41, 5.74) is 0. The summed E-state index contributed by atoms with van der Waals surface area (Å²) in [5.74, 6) is -0.117. The van der Waals surface area contributed by atoms with Gasteiger partial charge in [0.2, 0.25) is 5.91 Å². The van der Waals surface area contributed by atoms with E-state index in [1.165, 1.54) is 225 Å². The Morgan fingerprint density at radius 3 is 1.06 bits per heavy atom. The zero-order chi connectivity index (χ0) is 49.3. The Kier molecular flexibility index (Phi) is 56.0. The summed E-state index contributed by atoms with van der Waals surface area (Å²) < 4.78 is 5.46. The Morgan fingerprint density at radius 2 is 0.691 bits per heavy atom. The monoisotopic (exact) mass is 956 g/mol. The quantitative estimate of drug-likeness (QED) is 0.0321. The van der Waals surface area contributed by atoms with E-state index in [-0.39, 0.29) is 18.5 Å². The number of aliphatic hydroxyl groups excluding tert-OH is 2. The number of amides is 1. The van der Waals surface area contributed by atoms with Crippen molar-refractivity contribution in [3.05, 3.63) is 36.5 Å². The lowest BCUT2D eigenvalue weighted by atomic mass is 10.0. The number of unbranched alkanes of at least 4 members (excludes halogenated alkanes) is 41. The van der Waals surface area contributed by atoms with E-state index >= 15 is 0 Å². The summed E-state index contributed by atoms with van der Waals surface area (Å²) in [4.78, 5) is 24.5. The average molecular weight is 957 g/mol. The number of ether oxygens (including phenoxy) is 1. The highest BCUT2D eigenvalue weighted by atomic mass is 16.5. The molecule has 0 heterocycles. The summed E-state index contributed by atoms with van der Waals surface area (Å²) in [6.45, 7) is 4.87. The van der Waals surface area contributed by atoms with Gasteiger partial charge in [0.05, 0.1) is 25.4 Å². The van der Waals surface area contributed by atoms with Crippen molar-refractivity contribution < 1.29 is 24.5 Å². The second-order valence-electron chi connectivity index (χ2n) is 20.7. The fourth-order valence-electron chi connectivity index (χ4n) is 9.21. The highest BCUT2D eigenvalue weighted by Gasteiger charge is 2.18. The van der Waals surface area contributed by atoms with E-state index in [4.69, 9.17) is 4.74 Å². The zero-order valence-corrected chi connectivity index (χ0v) is 45.6. The smallest absolute Gasteiger partial charge is 0.305 e. The lowest BCUT2D eigenvalue weighted by molar-refractivity contribution is -0.143. The molecule has 400 valence electrons. The number of carbonyl (C=O) groups excluding carboxylic acids is 2. The maximum Gasteiger partial charge on any atom is 0.305 e. The van der Waals surface area contributed by atoms with Gasteiger partial charge in [0.15, 0.2) is 0 Å². The second-order valence-corrected chi connectivity index (χ2v) is 20.7. The van der Waals surface area contributed by atoms with E-state index < -0.39 is 12.1 Å². The summed E-state index contributed by atoms with van der Waals surface area (Å²) >= 11 is 0. The van der Waals surface area contributed by atoms with Gasteiger partial charge in [0.1, 0.15) is 0 Å². The predicted octanol–water partition coefficient (Wildman–Crippen LogP) is 18.8. The number of rotatable bonds is 56. The van der Waals surface area contributed by atoms with E-state index in [9.17, 15) is 19.8 Å². The first-order valence-electron chi connectivity index (χ1n) is 30.3. The van der Waals surface area contributed by atoms with Gasteiger partial charge in [-0.2, -0.15) is 0 Å². The molecule has 2 unspecified atom stereocenters. The third-order valence-electron chi connectivity index (χ3n) is 13.9. The fourth-order valence-corrected chi connectivity index (χ4v) is 9.21. The van der Waals surface area contributed by atoms with E-state index in [2.05, 4.69) is 43.5 Å². The van der Waals surface area contributed by atoms with E-state index in [0.717, 1.165) is 70.6 Å². The number of hydrogen-bond donors (Lipinski definition) is 3. The first kappa shape index (κ1) is 66.1. The van der Waals surface area contributed by atoms with Crippen LogP contribution in [0.15, 0.2) is 36.5 Å². The largest absolute Gasteiger partial charge is 0.466 e. The van der Waals surface area contributed by atoms with Crippen LogP contribution < -0.4 is 5.32 Å². The molecule has 6 nitrogen and oxygen atoms in total. The van der Waals surface area contributed by atoms with Crippen LogP contribution in [0.1, 0.15) is 322 Å². The second kappa shape index (κ2) is 57.7. The zero-order valence-electron chi connectivity index (χ0n) is 45.6. The topological polar surface area (TPSA) is 95.9 Å². The minimum atomic E-state index is -0.863. The van der Waals surface area contributed by atoms with Gasteiger partial charge in [-0.1, -0.05) is 262 Å². The molecule has 0 aromatic rings. The molecule has 0 aliphatic heterocycles. The molecule has 0 bridgehead atoms. The number of nitrogens with one attached hydrogen (secondary N) is 1. The van der Waals surface area contributed by atoms with Crippen molar-refractivity contribution in [3.63, 3.8) is 0 Å². The number of allylic oxidation sites excluding steroid dienone is 5. The van der Waals surface area contributed by atoms with Crippen LogP contribution in [0.3, 0.4) is 0 Å². The summed E-state index contributed by atoms with van der Waals surface area (Å²) in [7, 11) is 0. The lowest BCUT2D eigenvalue weighted by Crippen LogP contribution is -2.45. The number of aliphatic hydroxyl groups is 2. The minimum Gasteiger partial charge on any atom is -0.466 e. The number of carbonyl (C=O) groups is 2. The maximum absolute atomic E-state index is 12.5. The lowest BCUT2D eigenvalue weighted by Gasteiger charge is -2.19. The molecule has 0 saturated carbocycles. The van der Waals surface area contributed by atoms with E-state index in [1.54, 1.807) is 6.08 Å². The van der Waals surface area contributed by atoms with Crippen molar-refractivity contribution in [2.75, 3.05) is 13.2 Å². The molecular weight excluding hydrogens is 839 g/mol. The van der Waals surface area contributed by atoms with E-state index in [0.29, 0.717) is 19.4 Å². The van der Waals surface area contributed by atoms with Gasteiger partial charge in [0, 0.05) is 12.8 Å². The van der Waals surface area contributed by atoms with Gasteiger partial charge in [-0.15, -0.1) is 0 Å². The third-order valence-corrected chi connectivity index (χ3v) is 13.9. The van der Waals surface area contributed by atoms with Crippen LogP contribution in [0.5, 0.6) is 0 Å². The molecule has 2 atom stereocenters. The van der Waals surface area contributed by atoms with E-state index in [1.807, 2.05) is 6.08 Å². The Balaban J connectivity index is 3.52. The SMILES string of the molecule is CCCCCCCCC/C=C\CCCCCCCC(=O)OCCCCCCCC/C=C\CCCCCC(=O)NC(CO)C(O)/C=C/CCCCCCCCCCCCCCCCCCCCCC. The predicted molar refractivity (Wildman–Crippen MR) is 296 cm³/mol. The molecule has 3 N–H and O–H groups in total. The van der Waals surface area contributed by atoms with Crippen LogP contribution in [0.4, 0.5) is 0 Å². The van der Waals surface area contributed by atoms with Gasteiger partial charge < -0.3 is 20.3 Å². The molecule has 0 radical (unpaired) electrons. The van der Waals surface area contributed by atoms with Crippen molar-refractivity contribution in [3.8, 4) is 0 Å². The first-order chi connectivity index (χ1) is 33.5. The van der Waals surface area contributed by atoms with Crippen molar-refractivity contribution in [2.45, 2.75) is 334 Å². The molecule has 0 aliphatic carbocycles. The highest BCUT2D eigenvalue weighted by Crippen LogP contribution is 2.17. The molecule has 0 spiro atoms. The normalized spacial score (nSPS) is 12.8. The standard InChI is InChI=1S/C62H117NO5/c1-3-5-7-9-11-13-15-17-19-21-22-23-24-25-26-27-30-34-38-42-46-50-54-60(65)59(58-64)63-61(66)55-51-47-43-39-35-31-29-33-37-41-45-49-53-57-68-62(67)56-52-48-44-40-36-32-28-20-18-16-14-12-10-8-6-4-2/h20,28,31,35,50,54,59-60,64-65H,3-19,21-27,29-30,32-34,36-49,51-53,55-58H2,1-2H3,(H,63,66)/b28-20-,35-31-,54-50+. The van der Waals surface area contributed by atoms with Crippen molar-refractivity contribution in [2.24, 2.45) is 0 Å². The Morgan fingerprint density at radius 1 is 0.397 bits per heavy atom. The molecule has 0 aliphatic rings. The average Bonchev–Trinajstić information content (AvgIpc) is 3.34. The maximum atomic E-state index is 12.5. The van der Waals surface area contributed by atoms with Crippen LogP contribution in [0, 0.1) is 0 Å². The molecular formula is C62H117NO5. The molecule has 0 aromatic carbocycles. The van der Waals surface area contributed by atoms with Gasteiger partial charge >= 0.3 is 5.97 Å². The molecule has 1 amide bonds. The Hall–Kier alpha value is -1.92. The Labute approximate surface area is 424 Å². The molecule has 0 saturated heterocycles. The molecule has 0 rings (SSSR count). The molecule has 0 fully saturated rings.